The van der Waals surface area contributed by atoms with Crippen molar-refractivity contribution in [3.63, 3.8) is 0 Å². The highest BCUT2D eigenvalue weighted by Gasteiger charge is 2.34. The minimum Gasteiger partial charge on any atom is -0.452 e. The molecule has 0 radical (unpaired) electrons. The van der Waals surface area contributed by atoms with Gasteiger partial charge < -0.3 is 14.2 Å². The molecule has 0 N–H and O–H groups in total. The molecule has 1 amide bonds. The van der Waals surface area contributed by atoms with Crippen LogP contribution in [0, 0.1) is 6.92 Å². The van der Waals surface area contributed by atoms with E-state index >= 15 is 0 Å². The third-order valence-electron chi connectivity index (χ3n) is 4.62. The number of fused-ring (bicyclic) bond motifs is 1. The smallest absolute Gasteiger partial charge is 0.308 e. The van der Waals surface area contributed by atoms with Crippen LogP contribution >= 0.6 is 11.3 Å². The molecule has 0 aliphatic carbocycles. The zero-order valence-electron chi connectivity index (χ0n) is 15.1. The molecular formula is C19H22N2O4S. The number of ether oxygens (including phenoxy) is 1. The summed E-state index contributed by atoms with van der Waals surface area (Å²) in [5.74, 6) is -0.705. The molecule has 1 aromatic carbocycles. The lowest BCUT2D eigenvalue weighted by molar-refractivity contribution is -0.154. The van der Waals surface area contributed by atoms with E-state index in [9.17, 15) is 14.4 Å². The molecule has 2 heterocycles. The summed E-state index contributed by atoms with van der Waals surface area (Å²) in [5, 5.41) is 1.76. The Kier molecular flexibility index (Phi) is 5.27. The largest absolute Gasteiger partial charge is 0.452 e. The second kappa shape index (κ2) is 7.45. The summed E-state index contributed by atoms with van der Waals surface area (Å²) in [6, 6.07) is 7.81. The van der Waals surface area contributed by atoms with Crippen molar-refractivity contribution < 1.29 is 14.3 Å². The fourth-order valence-corrected chi connectivity index (χ4v) is 4.04. The summed E-state index contributed by atoms with van der Waals surface area (Å²) in [4.78, 5) is 38.2. The number of nitrogens with zero attached hydrogens (tertiary/aromatic N) is 2. The number of anilines is 1. The summed E-state index contributed by atoms with van der Waals surface area (Å²) in [6.45, 7) is 5.66. The molecule has 0 fully saturated rings. The number of amides is 1. The van der Waals surface area contributed by atoms with Crippen LogP contribution in [0.15, 0.2) is 34.4 Å². The maximum atomic E-state index is 12.8. The van der Waals surface area contributed by atoms with Crippen LogP contribution in [0.4, 0.5) is 5.69 Å². The van der Waals surface area contributed by atoms with Gasteiger partial charge in [0.15, 0.2) is 6.10 Å². The van der Waals surface area contributed by atoms with Crippen LogP contribution in [0.5, 0.6) is 0 Å². The van der Waals surface area contributed by atoms with E-state index in [1.807, 2.05) is 38.1 Å². The quantitative estimate of drug-likeness (QED) is 0.754. The first-order chi connectivity index (χ1) is 12.4. The number of esters is 1. The molecule has 3 rings (SSSR count). The predicted octanol–water partition coefficient (Wildman–Crippen LogP) is 2.52. The number of benzene rings is 1. The molecule has 6 nitrogen and oxygen atoms in total. The van der Waals surface area contributed by atoms with Gasteiger partial charge in [-0.05, 0) is 38.8 Å². The molecule has 138 valence electrons. The second-order valence-electron chi connectivity index (χ2n) is 6.57. The zero-order valence-corrected chi connectivity index (χ0v) is 15.9. The lowest BCUT2D eigenvalue weighted by Crippen LogP contribution is -2.43. The Morgan fingerprint density at radius 1 is 1.35 bits per heavy atom. The summed E-state index contributed by atoms with van der Waals surface area (Å²) in [5.41, 5.74) is 2.83. The maximum absolute atomic E-state index is 12.8. The van der Waals surface area contributed by atoms with Gasteiger partial charge >= 0.3 is 10.8 Å². The molecule has 1 aromatic heterocycles. The minimum absolute atomic E-state index is 0.0353. The van der Waals surface area contributed by atoms with Crippen molar-refractivity contribution in [1.82, 2.24) is 4.57 Å². The van der Waals surface area contributed by atoms with E-state index in [0.29, 0.717) is 0 Å². The van der Waals surface area contributed by atoms with Crippen LogP contribution in [0.3, 0.4) is 0 Å². The first kappa shape index (κ1) is 18.4. The lowest BCUT2D eigenvalue weighted by atomic mass is 10.1. The Balaban J connectivity index is 1.61. The molecule has 0 unspecified atom stereocenters. The average Bonchev–Trinajstić information content (AvgIpc) is 3.10. The van der Waals surface area contributed by atoms with Crippen molar-refractivity contribution in [3.8, 4) is 0 Å². The molecule has 0 bridgehead atoms. The molecule has 0 spiro atoms. The number of carbonyl (C=O) groups excluding carboxylic acids is 2. The third-order valence-corrected chi connectivity index (χ3v) is 5.50. The van der Waals surface area contributed by atoms with Gasteiger partial charge in [0.25, 0.3) is 5.91 Å². The fourth-order valence-electron chi connectivity index (χ4n) is 3.28. The number of rotatable bonds is 5. The first-order valence-electron chi connectivity index (χ1n) is 8.64. The maximum Gasteiger partial charge on any atom is 0.308 e. The Morgan fingerprint density at radius 2 is 2.08 bits per heavy atom. The van der Waals surface area contributed by atoms with E-state index < -0.39 is 12.1 Å². The molecule has 26 heavy (non-hydrogen) atoms. The van der Waals surface area contributed by atoms with Crippen molar-refractivity contribution in [2.75, 3.05) is 4.90 Å². The van der Waals surface area contributed by atoms with Gasteiger partial charge in [0, 0.05) is 29.3 Å². The van der Waals surface area contributed by atoms with Crippen molar-refractivity contribution in [3.05, 3.63) is 50.6 Å². The van der Waals surface area contributed by atoms with Crippen LogP contribution in [-0.2, 0) is 27.3 Å². The SMILES string of the molecule is Cc1csc(=O)n1CCC(=O)O[C@H](C)C(=O)N1c2ccccc2C[C@@H]1C. The number of aromatic nitrogens is 1. The van der Waals surface area contributed by atoms with E-state index in [-0.39, 0.29) is 29.8 Å². The van der Waals surface area contributed by atoms with Crippen molar-refractivity contribution >= 4 is 28.9 Å². The van der Waals surface area contributed by atoms with Crippen LogP contribution in [0.25, 0.3) is 0 Å². The molecule has 1 aliphatic heterocycles. The number of hydrogen-bond donors (Lipinski definition) is 0. The van der Waals surface area contributed by atoms with E-state index in [1.165, 1.54) is 4.57 Å². The summed E-state index contributed by atoms with van der Waals surface area (Å²) in [6.07, 6.45) is -0.0131. The van der Waals surface area contributed by atoms with Gasteiger partial charge in [-0.15, -0.1) is 0 Å². The number of para-hydroxylation sites is 1. The number of thiazole rings is 1. The fraction of sp³-hybridized carbons (Fsp3) is 0.421. The van der Waals surface area contributed by atoms with Crippen molar-refractivity contribution in [2.45, 2.75) is 52.3 Å². The topological polar surface area (TPSA) is 68.6 Å². The number of hydrogen-bond acceptors (Lipinski definition) is 5. The zero-order chi connectivity index (χ0) is 18.8. The van der Waals surface area contributed by atoms with Gasteiger partial charge in [-0.2, -0.15) is 0 Å². The van der Waals surface area contributed by atoms with Crippen molar-refractivity contribution in [1.29, 1.82) is 0 Å². The van der Waals surface area contributed by atoms with E-state index in [4.69, 9.17) is 4.74 Å². The van der Waals surface area contributed by atoms with Gasteiger partial charge in [-0.1, -0.05) is 29.5 Å². The summed E-state index contributed by atoms with van der Waals surface area (Å²) in [7, 11) is 0. The normalized spacial score (nSPS) is 17.0. The van der Waals surface area contributed by atoms with Crippen LogP contribution < -0.4 is 9.77 Å². The second-order valence-corrected chi connectivity index (χ2v) is 7.39. The highest BCUT2D eigenvalue weighted by atomic mass is 32.1. The number of carbonyl (C=O) groups is 2. The third kappa shape index (κ3) is 3.58. The number of aryl methyl sites for hydroxylation is 1. The van der Waals surface area contributed by atoms with Crippen LogP contribution in [0.2, 0.25) is 0 Å². The first-order valence-corrected chi connectivity index (χ1v) is 9.52. The minimum atomic E-state index is -0.864. The molecule has 2 atom stereocenters. The molecule has 2 aromatic rings. The van der Waals surface area contributed by atoms with Crippen molar-refractivity contribution in [2.24, 2.45) is 0 Å². The molecule has 7 heteroatoms. The molecular weight excluding hydrogens is 352 g/mol. The standard InChI is InChI=1S/C19H22N2O4S/c1-12-10-15-6-4-5-7-16(15)21(12)18(23)14(3)25-17(22)8-9-20-13(2)11-26-19(20)24/h4-7,11-12,14H,8-10H2,1-3H3/t12-,14+/m0/s1. The van der Waals surface area contributed by atoms with E-state index in [0.717, 1.165) is 34.7 Å². The lowest BCUT2D eigenvalue weighted by Gasteiger charge is -2.26. The van der Waals surface area contributed by atoms with E-state index in [1.54, 1.807) is 17.2 Å². The van der Waals surface area contributed by atoms with Gasteiger partial charge in [0.1, 0.15) is 0 Å². The van der Waals surface area contributed by atoms with Gasteiger partial charge in [0.05, 0.1) is 6.42 Å². The van der Waals surface area contributed by atoms with Crippen LogP contribution in [-0.4, -0.2) is 28.6 Å². The summed E-state index contributed by atoms with van der Waals surface area (Å²) >= 11 is 1.11. The summed E-state index contributed by atoms with van der Waals surface area (Å²) < 4.78 is 6.86. The predicted molar refractivity (Wildman–Crippen MR) is 101 cm³/mol. The molecule has 0 saturated carbocycles. The van der Waals surface area contributed by atoms with Gasteiger partial charge in [-0.25, -0.2) is 0 Å². The Hall–Kier alpha value is -2.41. The van der Waals surface area contributed by atoms with Gasteiger partial charge in [-0.3, -0.25) is 14.4 Å². The Labute approximate surface area is 156 Å². The van der Waals surface area contributed by atoms with Gasteiger partial charge in [0.2, 0.25) is 0 Å². The average molecular weight is 374 g/mol. The highest BCUT2D eigenvalue weighted by molar-refractivity contribution is 7.07. The highest BCUT2D eigenvalue weighted by Crippen LogP contribution is 2.32. The Morgan fingerprint density at radius 3 is 2.77 bits per heavy atom. The van der Waals surface area contributed by atoms with E-state index in [2.05, 4.69) is 0 Å². The van der Waals surface area contributed by atoms with Crippen LogP contribution in [0.1, 0.15) is 31.5 Å². The molecule has 1 aliphatic rings. The Bertz CT molecular complexity index is 886. The monoisotopic (exact) mass is 374 g/mol. The molecule has 0 saturated heterocycles.